The molecule has 0 saturated carbocycles. The van der Waals surface area contributed by atoms with Gasteiger partial charge in [-0.2, -0.15) is 0 Å². The number of hydrogen-bond donors (Lipinski definition) is 3. The van der Waals surface area contributed by atoms with E-state index in [-0.39, 0.29) is 18.6 Å². The molecule has 4 N–H and O–H groups in total. The lowest BCUT2D eigenvalue weighted by atomic mass is 10.3. The van der Waals surface area contributed by atoms with Gasteiger partial charge in [-0.3, -0.25) is 4.57 Å². The van der Waals surface area contributed by atoms with Crippen LogP contribution < -0.4 is 15.2 Å². The highest BCUT2D eigenvalue weighted by Gasteiger charge is 2.20. The van der Waals surface area contributed by atoms with Crippen LogP contribution >= 0.6 is 11.8 Å². The van der Waals surface area contributed by atoms with Crippen molar-refractivity contribution in [1.29, 1.82) is 0 Å². The molecular weight excluding hydrogens is 328 g/mol. The normalized spacial score (nSPS) is 12.5. The summed E-state index contributed by atoms with van der Waals surface area (Å²) < 4.78 is 11.9. The molecule has 2 aromatic carbocycles. The van der Waals surface area contributed by atoms with E-state index >= 15 is 0 Å². The average Bonchev–Trinajstić information content (AvgIpc) is 3.14. The lowest BCUT2D eigenvalue weighted by Gasteiger charge is -2.08. The average molecular weight is 342 g/mol. The molecule has 0 atom stereocenters. The Kier molecular flexibility index (Phi) is 3.42. The molecule has 4 rings (SSSR count). The molecule has 1 aliphatic rings. The second kappa shape index (κ2) is 5.61. The third kappa shape index (κ3) is 2.39. The summed E-state index contributed by atoms with van der Waals surface area (Å²) >= 11 is 1.28. The maximum absolute atomic E-state index is 10.5. The number of aromatic nitrogens is 1. The van der Waals surface area contributed by atoms with Crippen LogP contribution in [-0.2, 0) is 0 Å². The Labute approximate surface area is 142 Å². The van der Waals surface area contributed by atoms with Crippen LogP contribution in [0.15, 0.2) is 58.3 Å². The Morgan fingerprint density at radius 3 is 2.58 bits per heavy atom. The first-order valence-electron chi connectivity index (χ1n) is 7.19. The third-order valence-electron chi connectivity index (χ3n) is 3.67. The van der Waals surface area contributed by atoms with Crippen molar-refractivity contribution in [2.75, 3.05) is 12.5 Å². The summed E-state index contributed by atoms with van der Waals surface area (Å²) in [6.07, 6.45) is 0. The molecule has 7 heteroatoms. The Hall–Kier alpha value is -2.93. The van der Waals surface area contributed by atoms with Crippen molar-refractivity contribution in [3.63, 3.8) is 0 Å². The molecule has 0 spiro atoms. The van der Waals surface area contributed by atoms with E-state index in [1.807, 2.05) is 18.2 Å². The Morgan fingerprint density at radius 1 is 0.958 bits per heavy atom. The predicted molar refractivity (Wildman–Crippen MR) is 90.2 cm³/mol. The van der Waals surface area contributed by atoms with Gasteiger partial charge in [-0.25, -0.2) is 0 Å². The molecule has 3 aromatic rings. The zero-order chi connectivity index (χ0) is 16.7. The highest BCUT2D eigenvalue weighted by atomic mass is 32.2. The number of para-hydroxylation sites is 1. The predicted octanol–water partition coefficient (Wildman–Crippen LogP) is 3.35. The molecule has 0 fully saturated rings. The van der Waals surface area contributed by atoms with Gasteiger partial charge in [0.05, 0.1) is 10.6 Å². The molecule has 0 radical (unpaired) electrons. The van der Waals surface area contributed by atoms with E-state index in [0.717, 1.165) is 4.90 Å². The quantitative estimate of drug-likeness (QED) is 0.633. The first-order valence-corrected chi connectivity index (χ1v) is 8.01. The second-order valence-electron chi connectivity index (χ2n) is 5.20. The van der Waals surface area contributed by atoms with E-state index in [1.165, 1.54) is 22.4 Å². The number of hydrogen-bond acceptors (Lipinski definition) is 6. The largest absolute Gasteiger partial charge is 0.494 e. The number of ether oxygens (including phenoxy) is 2. The highest BCUT2D eigenvalue weighted by molar-refractivity contribution is 7.99. The van der Waals surface area contributed by atoms with E-state index in [9.17, 15) is 10.2 Å². The Balaban J connectivity index is 1.73. The lowest BCUT2D eigenvalue weighted by Crippen LogP contribution is -1.93. The fraction of sp³-hybridized carbons (Fsp3) is 0.0588. The molecule has 1 aromatic heterocycles. The molecule has 0 saturated heterocycles. The topological polar surface area (TPSA) is 89.9 Å². The minimum Gasteiger partial charge on any atom is -0.494 e. The van der Waals surface area contributed by atoms with Gasteiger partial charge < -0.3 is 25.4 Å². The van der Waals surface area contributed by atoms with Crippen LogP contribution in [0.2, 0.25) is 0 Å². The van der Waals surface area contributed by atoms with Crippen molar-refractivity contribution in [3.8, 4) is 28.9 Å². The van der Waals surface area contributed by atoms with Crippen LogP contribution in [0.4, 0.5) is 5.69 Å². The van der Waals surface area contributed by atoms with Crippen LogP contribution in [0.1, 0.15) is 0 Å². The number of nitrogen functional groups attached to an aromatic ring is 1. The molecule has 0 bridgehead atoms. The first-order chi connectivity index (χ1) is 11.6. The van der Waals surface area contributed by atoms with E-state index in [2.05, 4.69) is 0 Å². The van der Waals surface area contributed by atoms with Gasteiger partial charge in [-0.05, 0) is 24.3 Å². The minimum absolute atomic E-state index is 0.0698. The van der Waals surface area contributed by atoms with Gasteiger partial charge in [0.15, 0.2) is 17.4 Å². The number of benzene rings is 2. The summed E-state index contributed by atoms with van der Waals surface area (Å²) in [6, 6.07) is 14.0. The van der Waals surface area contributed by atoms with Crippen LogP contribution in [0.25, 0.3) is 5.69 Å². The van der Waals surface area contributed by atoms with Crippen molar-refractivity contribution < 1.29 is 19.7 Å². The molecule has 0 amide bonds. The third-order valence-corrected chi connectivity index (χ3v) is 4.79. The van der Waals surface area contributed by atoms with Gasteiger partial charge >= 0.3 is 0 Å². The lowest BCUT2D eigenvalue weighted by molar-refractivity contribution is 0.174. The summed E-state index contributed by atoms with van der Waals surface area (Å²) in [4.78, 5) is 1.30. The molecule has 6 nitrogen and oxygen atoms in total. The van der Waals surface area contributed by atoms with E-state index in [0.29, 0.717) is 27.8 Å². The van der Waals surface area contributed by atoms with Crippen molar-refractivity contribution >= 4 is 17.4 Å². The fourth-order valence-electron chi connectivity index (χ4n) is 2.51. The van der Waals surface area contributed by atoms with Crippen LogP contribution in [0.5, 0.6) is 23.3 Å². The maximum Gasteiger partial charge on any atom is 0.231 e. The molecule has 2 heterocycles. The molecular formula is C17H14N2O4S. The Morgan fingerprint density at radius 2 is 1.75 bits per heavy atom. The summed E-state index contributed by atoms with van der Waals surface area (Å²) in [6.45, 7) is 0.164. The van der Waals surface area contributed by atoms with Crippen molar-refractivity contribution in [2.24, 2.45) is 0 Å². The fourth-order valence-corrected chi connectivity index (χ4v) is 3.43. The molecule has 122 valence electrons. The van der Waals surface area contributed by atoms with Crippen molar-refractivity contribution in [1.82, 2.24) is 4.57 Å². The van der Waals surface area contributed by atoms with Crippen molar-refractivity contribution in [3.05, 3.63) is 48.5 Å². The molecule has 24 heavy (non-hydrogen) atoms. The number of nitrogens with two attached hydrogens (primary N) is 1. The zero-order valence-corrected chi connectivity index (χ0v) is 13.3. The van der Waals surface area contributed by atoms with Crippen LogP contribution in [0, 0.1) is 0 Å². The van der Waals surface area contributed by atoms with Gasteiger partial charge in [-0.15, -0.1) is 0 Å². The first kappa shape index (κ1) is 14.6. The highest BCUT2D eigenvalue weighted by Crippen LogP contribution is 2.44. The summed E-state index contributed by atoms with van der Waals surface area (Å²) in [7, 11) is 0. The van der Waals surface area contributed by atoms with Gasteiger partial charge in [-0.1, -0.05) is 23.9 Å². The maximum atomic E-state index is 10.5. The van der Waals surface area contributed by atoms with Gasteiger partial charge in [0.2, 0.25) is 12.7 Å². The standard InChI is InChI=1S/C17H14N2O4S/c18-11-3-1-2-4-14(11)24-15-8-16(20)19(17(15)21)10-5-6-12-13(7-10)23-9-22-12/h1-8,20-21H,9,18H2. The number of fused-ring (bicyclic) bond motifs is 1. The molecule has 0 aliphatic carbocycles. The van der Waals surface area contributed by atoms with Gasteiger partial charge in [0, 0.05) is 22.7 Å². The Bertz CT molecular complexity index is 923. The van der Waals surface area contributed by atoms with Gasteiger partial charge in [0.1, 0.15) is 0 Å². The van der Waals surface area contributed by atoms with Crippen molar-refractivity contribution in [2.45, 2.75) is 9.79 Å². The molecule has 1 aliphatic heterocycles. The monoisotopic (exact) mass is 342 g/mol. The minimum atomic E-state index is -0.0802. The summed E-state index contributed by atoms with van der Waals surface area (Å²) in [5.74, 6) is 1.06. The van der Waals surface area contributed by atoms with E-state index in [4.69, 9.17) is 15.2 Å². The van der Waals surface area contributed by atoms with Crippen LogP contribution in [-0.4, -0.2) is 21.6 Å². The van der Waals surface area contributed by atoms with Crippen LogP contribution in [0.3, 0.4) is 0 Å². The van der Waals surface area contributed by atoms with E-state index in [1.54, 1.807) is 24.3 Å². The SMILES string of the molecule is Nc1ccccc1Sc1cc(O)n(-c2ccc3c(c2)OCO3)c1O. The zero-order valence-electron chi connectivity index (χ0n) is 12.5. The number of aromatic hydroxyl groups is 2. The summed E-state index contributed by atoms with van der Waals surface area (Å²) in [5.41, 5.74) is 7.11. The second-order valence-corrected chi connectivity index (χ2v) is 6.29. The van der Waals surface area contributed by atoms with Gasteiger partial charge in [0.25, 0.3) is 0 Å². The number of rotatable bonds is 3. The smallest absolute Gasteiger partial charge is 0.231 e. The number of nitrogens with zero attached hydrogens (tertiary/aromatic N) is 1. The van der Waals surface area contributed by atoms with E-state index < -0.39 is 0 Å². The molecule has 0 unspecified atom stereocenters. The number of anilines is 1. The summed E-state index contributed by atoms with van der Waals surface area (Å²) in [5, 5.41) is 20.8.